The van der Waals surface area contributed by atoms with Gasteiger partial charge < -0.3 is 9.72 Å². The van der Waals surface area contributed by atoms with E-state index in [0.29, 0.717) is 17.4 Å². The van der Waals surface area contributed by atoms with Crippen molar-refractivity contribution in [2.45, 2.75) is 59.3 Å². The van der Waals surface area contributed by atoms with Crippen LogP contribution in [0.4, 0.5) is 0 Å². The van der Waals surface area contributed by atoms with E-state index in [1.807, 2.05) is 49.4 Å². The zero-order chi connectivity index (χ0) is 25.0. The molecule has 4 aromatic rings. The predicted molar refractivity (Wildman–Crippen MR) is 138 cm³/mol. The van der Waals surface area contributed by atoms with E-state index in [1.54, 1.807) is 6.20 Å². The van der Waals surface area contributed by atoms with E-state index in [0.717, 1.165) is 16.8 Å². The van der Waals surface area contributed by atoms with Gasteiger partial charge in [-0.2, -0.15) is 9.97 Å². The summed E-state index contributed by atoms with van der Waals surface area (Å²) in [5.41, 5.74) is 5.64. The number of para-hydroxylation sites is 1. The molecule has 5 nitrogen and oxygen atoms in total. The van der Waals surface area contributed by atoms with Crippen LogP contribution in [0, 0.1) is 18.4 Å². The number of fused-ring (bicyclic) bond motifs is 1. The second-order valence-electron chi connectivity index (χ2n) is 10.9. The fourth-order valence-electron chi connectivity index (χ4n) is 5.04. The molecule has 1 aliphatic rings. The monoisotopic (exact) mass is 656 g/mol. The first kappa shape index (κ1) is 26.1. The van der Waals surface area contributed by atoms with E-state index < -0.39 is 0 Å². The first-order valence-corrected chi connectivity index (χ1v) is 12.0. The Hall–Kier alpha value is -2.95. The standard InChI is InChI=1S/C30H31N4O.Ir/c1-19-32-26(34-27(33-19)35-22-11-9-8-10-12-22)21-14-16-25(31-18-21)20-13-15-23-24(17-20)29(4,5)30(6,7)28(23,2)3;/h8-12,14-18H,1-7H3;/q-1;. The van der Waals surface area contributed by atoms with Crippen molar-refractivity contribution in [3.05, 3.63) is 83.8 Å². The zero-order valence-corrected chi connectivity index (χ0v) is 24.2. The van der Waals surface area contributed by atoms with Gasteiger partial charge in [0.15, 0.2) is 5.82 Å². The minimum Gasteiger partial charge on any atom is -0.424 e. The number of hydrogen-bond donors (Lipinski definition) is 0. The van der Waals surface area contributed by atoms with Gasteiger partial charge in [-0.05, 0) is 41.0 Å². The average molecular weight is 656 g/mol. The minimum atomic E-state index is 0. The van der Waals surface area contributed by atoms with Gasteiger partial charge in [-0.3, -0.25) is 0 Å². The quantitative estimate of drug-likeness (QED) is 0.220. The van der Waals surface area contributed by atoms with E-state index >= 15 is 0 Å². The summed E-state index contributed by atoms with van der Waals surface area (Å²) in [7, 11) is 0. The second-order valence-corrected chi connectivity index (χ2v) is 10.9. The Morgan fingerprint density at radius 1 is 0.806 bits per heavy atom. The van der Waals surface area contributed by atoms with Crippen LogP contribution in [0.25, 0.3) is 22.6 Å². The molecule has 0 bridgehead atoms. The maximum atomic E-state index is 5.82. The van der Waals surface area contributed by atoms with Gasteiger partial charge in [0.25, 0.3) is 0 Å². The summed E-state index contributed by atoms with van der Waals surface area (Å²) in [4.78, 5) is 18.1. The summed E-state index contributed by atoms with van der Waals surface area (Å²) in [6.45, 7) is 15.9. The summed E-state index contributed by atoms with van der Waals surface area (Å²) < 4.78 is 5.82. The molecule has 0 saturated heterocycles. The number of rotatable bonds is 4. The first-order valence-electron chi connectivity index (χ1n) is 12.0. The molecule has 36 heavy (non-hydrogen) atoms. The maximum Gasteiger partial charge on any atom is 0.325 e. The van der Waals surface area contributed by atoms with Crippen molar-refractivity contribution < 1.29 is 24.8 Å². The van der Waals surface area contributed by atoms with Crippen LogP contribution in [0.5, 0.6) is 11.8 Å². The van der Waals surface area contributed by atoms with Crippen molar-refractivity contribution in [2.75, 3.05) is 0 Å². The van der Waals surface area contributed by atoms with Crippen molar-refractivity contribution in [3.8, 4) is 34.4 Å². The van der Waals surface area contributed by atoms with Gasteiger partial charge in [0.2, 0.25) is 0 Å². The third-order valence-corrected chi connectivity index (χ3v) is 8.40. The number of aromatic nitrogens is 4. The summed E-state index contributed by atoms with van der Waals surface area (Å²) in [5.74, 6) is 1.80. The third-order valence-electron chi connectivity index (χ3n) is 8.40. The van der Waals surface area contributed by atoms with E-state index in [1.165, 1.54) is 11.1 Å². The molecule has 0 amide bonds. The minimum absolute atomic E-state index is 0. The Labute approximate surface area is 227 Å². The van der Waals surface area contributed by atoms with Crippen molar-refractivity contribution >= 4 is 0 Å². The van der Waals surface area contributed by atoms with Crippen molar-refractivity contribution in [2.24, 2.45) is 5.41 Å². The molecule has 0 aliphatic heterocycles. The summed E-state index contributed by atoms with van der Waals surface area (Å²) in [5, 5.41) is 0. The Morgan fingerprint density at radius 2 is 1.50 bits per heavy atom. The van der Waals surface area contributed by atoms with Crippen molar-refractivity contribution in [1.82, 2.24) is 19.9 Å². The molecule has 0 unspecified atom stereocenters. The van der Waals surface area contributed by atoms with E-state index in [2.05, 4.69) is 74.7 Å². The second kappa shape index (κ2) is 9.17. The molecule has 0 fully saturated rings. The fourth-order valence-corrected chi connectivity index (χ4v) is 5.04. The molecule has 2 aromatic carbocycles. The van der Waals surface area contributed by atoms with Crippen LogP contribution in [0.2, 0.25) is 0 Å². The van der Waals surface area contributed by atoms with Crippen LogP contribution in [-0.2, 0) is 30.9 Å². The number of ether oxygens (including phenoxy) is 1. The Bertz CT molecular complexity index is 1400. The third kappa shape index (κ3) is 4.16. The predicted octanol–water partition coefficient (Wildman–Crippen LogP) is 7.09. The smallest absolute Gasteiger partial charge is 0.325 e. The largest absolute Gasteiger partial charge is 0.424 e. The van der Waals surface area contributed by atoms with Gasteiger partial charge in [-0.1, -0.05) is 71.9 Å². The number of hydrogen-bond acceptors (Lipinski definition) is 5. The molecule has 0 saturated carbocycles. The normalized spacial score (nSPS) is 16.6. The molecule has 2 heterocycles. The number of benzene rings is 2. The zero-order valence-electron chi connectivity index (χ0n) is 21.8. The van der Waals surface area contributed by atoms with Gasteiger partial charge in [0.1, 0.15) is 11.6 Å². The molecule has 187 valence electrons. The summed E-state index contributed by atoms with van der Waals surface area (Å²) in [6.07, 6.45) is 1.80. The first-order chi connectivity index (χ1) is 16.5. The molecule has 5 rings (SSSR count). The van der Waals surface area contributed by atoms with E-state index in [9.17, 15) is 0 Å². The number of aryl methyl sites for hydroxylation is 1. The van der Waals surface area contributed by atoms with Gasteiger partial charge in [-0.25, -0.2) is 4.98 Å². The Balaban J connectivity index is 0.00000304. The molecule has 0 atom stereocenters. The van der Waals surface area contributed by atoms with E-state index in [4.69, 9.17) is 9.72 Å². The Morgan fingerprint density at radius 3 is 2.17 bits per heavy atom. The van der Waals surface area contributed by atoms with Gasteiger partial charge in [0.05, 0.1) is 0 Å². The van der Waals surface area contributed by atoms with E-state index in [-0.39, 0.29) is 42.4 Å². The SMILES string of the molecule is Cc1nc(Oc2ccccc2)nc(-c2ccc(-c3[c-]cc4c(c3)C(C)(C)C(C)(C)C4(C)C)nc2)n1.[Ir]. The summed E-state index contributed by atoms with van der Waals surface area (Å²) >= 11 is 0. The number of nitrogens with zero attached hydrogens (tertiary/aromatic N) is 4. The van der Waals surface area contributed by atoms with Crippen LogP contribution in [-0.4, -0.2) is 19.9 Å². The van der Waals surface area contributed by atoms with Crippen LogP contribution >= 0.6 is 0 Å². The molecule has 1 aliphatic carbocycles. The van der Waals surface area contributed by atoms with Gasteiger partial charge in [0, 0.05) is 31.9 Å². The van der Waals surface area contributed by atoms with Crippen molar-refractivity contribution in [1.29, 1.82) is 0 Å². The van der Waals surface area contributed by atoms with Crippen LogP contribution in [0.1, 0.15) is 58.5 Å². The van der Waals surface area contributed by atoms with Crippen LogP contribution in [0.15, 0.2) is 60.8 Å². The molecular weight excluding hydrogens is 625 g/mol. The average Bonchev–Trinajstić information content (AvgIpc) is 2.93. The molecule has 1 radical (unpaired) electrons. The van der Waals surface area contributed by atoms with Crippen LogP contribution < -0.4 is 4.74 Å². The number of pyridine rings is 1. The van der Waals surface area contributed by atoms with Gasteiger partial charge >= 0.3 is 6.01 Å². The fraction of sp³-hybridized carbons (Fsp3) is 0.333. The Kier molecular flexibility index (Phi) is 6.65. The molecule has 0 N–H and O–H groups in total. The molecule has 0 spiro atoms. The topological polar surface area (TPSA) is 60.8 Å². The maximum absolute atomic E-state index is 5.82. The summed E-state index contributed by atoms with van der Waals surface area (Å²) in [6, 6.07) is 21.7. The van der Waals surface area contributed by atoms with Crippen LogP contribution in [0.3, 0.4) is 0 Å². The van der Waals surface area contributed by atoms with Gasteiger partial charge in [-0.15, -0.1) is 34.9 Å². The molecule has 6 heteroatoms. The molecular formula is C30H31IrN4O-. The van der Waals surface area contributed by atoms with Crippen molar-refractivity contribution in [3.63, 3.8) is 0 Å². The molecule has 2 aromatic heterocycles.